The summed E-state index contributed by atoms with van der Waals surface area (Å²) >= 11 is 12.4. The predicted molar refractivity (Wildman–Crippen MR) is 318 cm³/mol. The number of hydrogen-bond donors (Lipinski definition) is 6. The third-order valence-electron chi connectivity index (χ3n) is 15.2. The van der Waals surface area contributed by atoms with Crippen LogP contribution in [0.2, 0.25) is 10.0 Å². The molecule has 0 spiro atoms. The quantitative estimate of drug-likeness (QED) is 0.0385. The molecule has 3 aliphatic rings. The van der Waals surface area contributed by atoms with E-state index < -0.39 is 61.1 Å². The van der Waals surface area contributed by atoms with Gasteiger partial charge in [-0.05, 0) is 106 Å². The van der Waals surface area contributed by atoms with Crippen LogP contribution in [-0.4, -0.2) is 139 Å². The van der Waals surface area contributed by atoms with Crippen molar-refractivity contribution in [1.82, 2.24) is 40.0 Å². The van der Waals surface area contributed by atoms with Gasteiger partial charge in [-0.25, -0.2) is 0 Å². The van der Waals surface area contributed by atoms with E-state index in [1.807, 2.05) is 15.5 Å². The average molecular weight is 1200 g/mol. The SMILES string of the molecule is NC(=O)c1cc2cc(Cl)ccc2cc1OCC(=O)c1cn(CCN2C[C@@H](O)[C@H](OC3C(=O)N(CCn4cc(C(=O)COc5cc6ccc(Cl)cc6cc5C(N)=O)c5ccc(Oc6cccnn6)cc54)C[C@H]3O)C2)c2cc(OC3=CC=CNN3)ccc12. The van der Waals surface area contributed by atoms with Crippen LogP contribution in [-0.2, 0) is 22.6 Å². The minimum absolute atomic E-state index is 0.0565. The summed E-state index contributed by atoms with van der Waals surface area (Å²) in [7, 11) is 0. The number of carbonyl (C=O) groups excluding carboxylic acids is 5. The zero-order chi connectivity index (χ0) is 59.8. The molecule has 6 heterocycles. The number of ether oxygens (including phenoxy) is 5. The molecule has 0 bridgehead atoms. The molecule has 438 valence electrons. The van der Waals surface area contributed by atoms with Crippen LogP contribution in [0, 0.1) is 0 Å². The maximum absolute atomic E-state index is 14.1. The van der Waals surface area contributed by atoms with E-state index in [2.05, 4.69) is 21.0 Å². The van der Waals surface area contributed by atoms with Crippen LogP contribution in [0.5, 0.6) is 28.9 Å². The molecule has 0 radical (unpaired) electrons. The first-order valence-electron chi connectivity index (χ1n) is 27.3. The van der Waals surface area contributed by atoms with E-state index in [0.717, 1.165) is 10.8 Å². The van der Waals surface area contributed by atoms with Gasteiger partial charge in [-0.3, -0.25) is 34.3 Å². The Morgan fingerprint density at radius 2 is 1.23 bits per heavy atom. The highest BCUT2D eigenvalue weighted by atomic mass is 35.5. The van der Waals surface area contributed by atoms with Gasteiger partial charge in [0.15, 0.2) is 19.3 Å². The number of β-amino-alcohol motifs (C(OH)–C–C–N with tert-alkyl or cyclic N) is 2. The molecule has 6 aromatic carbocycles. The number of ketones is 2. The molecule has 2 saturated heterocycles. The van der Waals surface area contributed by atoms with Crippen LogP contribution in [0.1, 0.15) is 41.4 Å². The molecule has 3 amide bonds. The smallest absolute Gasteiger partial charge is 0.254 e. The Balaban J connectivity index is 0.719. The molecule has 3 aliphatic heterocycles. The molecule has 9 aromatic rings. The second-order valence-corrected chi connectivity index (χ2v) is 21.7. The molecule has 12 rings (SSSR count). The standard InChI is InChI=1S/C62H54Cl2N10O12/c63-38-7-5-34-23-54(44(60(65)79)21-36(34)19-38)82-32-52(77)46-27-72(48-25-40(9-11-42(46)48)84-57-3-1-13-67-69-57)16-15-71-29-50(75)56(31-71)86-59-51(76)30-74(62(59)81)18-17-73-28-47(43-12-10-41(26-49(43)73)85-58-4-2-14-68-70-58)53(78)33-83-55-24-35-6-8-39(64)20-37(35)22-45(55)61(66)80/h1-14,19-28,50-51,56,59,67,69,75-76H,15-18,29-33H2,(H2,65,79)(H2,66,80)/t50-,51-,56-,59?/m1/s1. The fraction of sp³-hybridized carbons (Fsp3) is 0.210. The molecule has 3 aromatic heterocycles. The number of allylic oxidation sites excluding steroid dienone is 2. The van der Waals surface area contributed by atoms with E-state index in [-0.39, 0.29) is 67.0 Å². The molecular formula is C62H54Cl2N10O12. The van der Waals surface area contributed by atoms with E-state index in [1.54, 1.807) is 138 Å². The highest BCUT2D eigenvalue weighted by molar-refractivity contribution is 6.31. The van der Waals surface area contributed by atoms with Crippen molar-refractivity contribution in [3.63, 3.8) is 0 Å². The summed E-state index contributed by atoms with van der Waals surface area (Å²) in [6.45, 7) is 0.495. The first-order chi connectivity index (χ1) is 41.6. The number of Topliss-reactive ketones (excluding diaryl/α,β-unsaturated/α-hetero) is 2. The van der Waals surface area contributed by atoms with Crippen LogP contribution in [0.3, 0.4) is 0 Å². The largest absolute Gasteiger partial charge is 0.485 e. The van der Waals surface area contributed by atoms with Crippen molar-refractivity contribution >= 4 is 95.8 Å². The van der Waals surface area contributed by atoms with E-state index in [9.17, 15) is 34.2 Å². The number of aromatic nitrogens is 4. The molecule has 2 fully saturated rings. The van der Waals surface area contributed by atoms with Crippen molar-refractivity contribution in [2.45, 2.75) is 37.5 Å². The van der Waals surface area contributed by atoms with Gasteiger partial charge < -0.3 is 64.8 Å². The number of benzene rings is 6. The summed E-state index contributed by atoms with van der Waals surface area (Å²) in [6.07, 6.45) is 5.78. The summed E-state index contributed by atoms with van der Waals surface area (Å²) < 4.78 is 34.1. The summed E-state index contributed by atoms with van der Waals surface area (Å²) in [5, 5.41) is 35.6. The highest BCUT2D eigenvalue weighted by Gasteiger charge is 2.44. The lowest BCUT2D eigenvalue weighted by Gasteiger charge is -2.22. The van der Waals surface area contributed by atoms with Gasteiger partial charge in [0.1, 0.15) is 29.1 Å². The number of hydrogen-bond acceptors (Lipinski definition) is 17. The lowest BCUT2D eigenvalue weighted by molar-refractivity contribution is -0.147. The van der Waals surface area contributed by atoms with E-state index in [0.29, 0.717) is 84.2 Å². The van der Waals surface area contributed by atoms with Gasteiger partial charge >= 0.3 is 0 Å². The Bertz CT molecular complexity index is 4250. The molecule has 1 unspecified atom stereocenters. The first-order valence-corrected chi connectivity index (χ1v) is 28.0. The van der Waals surface area contributed by atoms with Crippen molar-refractivity contribution in [2.75, 3.05) is 45.9 Å². The van der Waals surface area contributed by atoms with E-state index in [1.165, 1.54) is 11.1 Å². The summed E-state index contributed by atoms with van der Waals surface area (Å²) in [5.74, 6) is -0.897. The highest BCUT2D eigenvalue weighted by Crippen LogP contribution is 2.34. The van der Waals surface area contributed by atoms with Gasteiger partial charge in [-0.1, -0.05) is 35.3 Å². The second-order valence-electron chi connectivity index (χ2n) is 20.9. The number of halogens is 2. The summed E-state index contributed by atoms with van der Waals surface area (Å²) in [4.78, 5) is 70.9. The Morgan fingerprint density at radius 1 is 0.640 bits per heavy atom. The van der Waals surface area contributed by atoms with Crippen molar-refractivity contribution in [3.05, 3.63) is 184 Å². The third-order valence-corrected chi connectivity index (χ3v) is 15.7. The Hall–Kier alpha value is -9.55. The molecule has 24 heteroatoms. The monoisotopic (exact) mass is 1200 g/mol. The number of likely N-dealkylation sites (tertiary alicyclic amines) is 2. The maximum atomic E-state index is 14.1. The fourth-order valence-corrected chi connectivity index (χ4v) is 11.3. The average Bonchev–Trinajstić information content (AvgIpc) is 3.07. The Morgan fingerprint density at radius 3 is 1.79 bits per heavy atom. The number of rotatable bonds is 22. The molecule has 0 aliphatic carbocycles. The lowest BCUT2D eigenvalue weighted by atomic mass is 10.1. The molecular weight excluding hydrogens is 1150 g/mol. The number of aliphatic hydroxyl groups is 2. The van der Waals surface area contributed by atoms with Crippen LogP contribution < -0.4 is 41.3 Å². The van der Waals surface area contributed by atoms with Crippen LogP contribution >= 0.6 is 23.2 Å². The summed E-state index contributed by atoms with van der Waals surface area (Å²) in [6, 6.07) is 30.6. The van der Waals surface area contributed by atoms with Gasteiger partial charge in [0.2, 0.25) is 23.3 Å². The number of nitrogens with zero attached hydrogens (tertiary/aromatic N) is 6. The van der Waals surface area contributed by atoms with Crippen LogP contribution in [0.15, 0.2) is 152 Å². The number of hydrazine groups is 1. The van der Waals surface area contributed by atoms with E-state index in [4.69, 9.17) is 58.4 Å². The number of fused-ring (bicyclic) bond motifs is 4. The topological polar surface area (TPSA) is 290 Å². The Kier molecular flexibility index (Phi) is 16.0. The molecule has 8 N–H and O–H groups in total. The van der Waals surface area contributed by atoms with E-state index >= 15 is 0 Å². The number of aliphatic hydroxyl groups excluding tert-OH is 2. The lowest BCUT2D eigenvalue weighted by Crippen LogP contribution is -2.40. The van der Waals surface area contributed by atoms with Crippen molar-refractivity contribution in [1.29, 1.82) is 0 Å². The molecule has 22 nitrogen and oxygen atoms in total. The molecule has 86 heavy (non-hydrogen) atoms. The predicted octanol–water partition coefficient (Wildman–Crippen LogP) is 6.69. The second kappa shape index (κ2) is 24.2. The van der Waals surface area contributed by atoms with Gasteiger partial charge in [-0.2, -0.15) is 5.10 Å². The Labute approximate surface area is 499 Å². The fourth-order valence-electron chi connectivity index (χ4n) is 11.0. The van der Waals surface area contributed by atoms with Crippen LogP contribution in [0.4, 0.5) is 0 Å². The number of nitrogens with one attached hydrogen (secondary N) is 2. The first kappa shape index (κ1) is 56.9. The van der Waals surface area contributed by atoms with Gasteiger partial charge in [-0.15, -0.1) is 5.10 Å². The van der Waals surface area contributed by atoms with Crippen molar-refractivity contribution in [2.24, 2.45) is 11.5 Å². The number of amides is 3. The maximum Gasteiger partial charge on any atom is 0.254 e. The number of carbonyl (C=O) groups is 5. The zero-order valence-corrected chi connectivity index (χ0v) is 47.1. The minimum atomic E-state index is -1.27. The minimum Gasteiger partial charge on any atom is -0.485 e. The normalized spacial score (nSPS) is 17.7. The summed E-state index contributed by atoms with van der Waals surface area (Å²) in [5.41, 5.74) is 19.3. The molecule has 0 saturated carbocycles. The van der Waals surface area contributed by atoms with Gasteiger partial charge in [0.05, 0.1) is 34.4 Å². The third kappa shape index (κ3) is 12.1. The van der Waals surface area contributed by atoms with Crippen molar-refractivity contribution < 1.29 is 57.9 Å². The zero-order valence-electron chi connectivity index (χ0n) is 45.6. The van der Waals surface area contributed by atoms with Crippen molar-refractivity contribution in [3.8, 4) is 28.9 Å². The number of nitrogens with two attached hydrogens (primary N) is 2. The van der Waals surface area contributed by atoms with Gasteiger partial charge in [0, 0.05) is 127 Å². The molecule has 4 atom stereocenters. The van der Waals surface area contributed by atoms with Crippen LogP contribution in [0.25, 0.3) is 43.4 Å². The van der Waals surface area contributed by atoms with Gasteiger partial charge in [0.25, 0.3) is 17.7 Å². The number of primary amides is 2.